The first-order valence-electron chi connectivity index (χ1n) is 13.1. The van der Waals surface area contributed by atoms with E-state index in [0.717, 1.165) is 38.4 Å². The highest BCUT2D eigenvalue weighted by Gasteiger charge is 2.24. The third-order valence-corrected chi connectivity index (χ3v) is 9.06. The fourth-order valence-corrected chi connectivity index (χ4v) is 6.39. The van der Waals surface area contributed by atoms with Crippen molar-refractivity contribution in [2.24, 2.45) is 0 Å². The number of benzene rings is 2. The molecule has 0 spiro atoms. The molecule has 0 aliphatic rings. The summed E-state index contributed by atoms with van der Waals surface area (Å²) in [6.07, 6.45) is -0.372. The number of thioether (sulfide) groups is 1. The maximum Gasteiger partial charge on any atom is 0.341 e. The highest BCUT2D eigenvalue weighted by atomic mass is 35.5. The van der Waals surface area contributed by atoms with Gasteiger partial charge in [0.1, 0.15) is 16.3 Å². The molecule has 4 rings (SSSR count). The molecule has 1 N–H and O–H groups in total. The second kappa shape index (κ2) is 13.1. The summed E-state index contributed by atoms with van der Waals surface area (Å²) in [4.78, 5) is 25.8. The first kappa shape index (κ1) is 30.6. The minimum absolute atomic E-state index is 0.0836. The Balaban J connectivity index is 1.48. The van der Waals surface area contributed by atoms with Gasteiger partial charge in [0.05, 0.1) is 12.9 Å². The summed E-state index contributed by atoms with van der Waals surface area (Å²) in [6.45, 7) is 12.4. The van der Waals surface area contributed by atoms with Crippen LogP contribution >= 0.6 is 34.7 Å². The molecule has 0 aliphatic carbocycles. The molecular weight excluding hydrogens is 580 g/mol. The quantitative estimate of drug-likeness (QED) is 0.146. The number of halogens is 1. The second-order valence-electron chi connectivity index (χ2n) is 9.72. The molecular formula is C30H33ClN4O4S2. The maximum absolute atomic E-state index is 13.0. The van der Waals surface area contributed by atoms with Crippen LogP contribution in [0.1, 0.15) is 58.4 Å². The highest BCUT2D eigenvalue weighted by Crippen LogP contribution is 2.38. The van der Waals surface area contributed by atoms with Crippen LogP contribution in [-0.4, -0.2) is 39.5 Å². The van der Waals surface area contributed by atoms with Crippen LogP contribution in [-0.2, 0) is 16.1 Å². The molecule has 2 aromatic heterocycles. The molecule has 1 atom stereocenters. The van der Waals surface area contributed by atoms with Crippen molar-refractivity contribution in [3.63, 3.8) is 0 Å². The largest absolute Gasteiger partial charge is 0.483 e. The summed E-state index contributed by atoms with van der Waals surface area (Å²) < 4.78 is 13.2. The van der Waals surface area contributed by atoms with Crippen molar-refractivity contribution in [3.8, 4) is 16.9 Å². The maximum atomic E-state index is 13.0. The molecule has 41 heavy (non-hydrogen) atoms. The predicted molar refractivity (Wildman–Crippen MR) is 166 cm³/mol. The van der Waals surface area contributed by atoms with E-state index in [9.17, 15) is 9.59 Å². The van der Waals surface area contributed by atoms with Gasteiger partial charge in [-0.1, -0.05) is 47.1 Å². The zero-order valence-corrected chi connectivity index (χ0v) is 26.5. The third-order valence-electron chi connectivity index (χ3n) is 6.60. The lowest BCUT2D eigenvalue weighted by Crippen LogP contribution is -2.17. The Morgan fingerprint density at radius 3 is 2.44 bits per heavy atom. The van der Waals surface area contributed by atoms with E-state index in [-0.39, 0.29) is 17.8 Å². The van der Waals surface area contributed by atoms with Crippen LogP contribution < -0.4 is 10.1 Å². The Morgan fingerprint density at radius 2 is 1.78 bits per heavy atom. The first-order chi connectivity index (χ1) is 19.5. The Hall–Kier alpha value is -3.34. The molecule has 0 saturated carbocycles. The lowest BCUT2D eigenvalue weighted by atomic mass is 9.97. The normalized spacial score (nSPS) is 11.8. The van der Waals surface area contributed by atoms with Crippen LogP contribution in [0.3, 0.4) is 0 Å². The summed E-state index contributed by atoms with van der Waals surface area (Å²) in [7, 11) is 1.34. The number of thiophene rings is 1. The number of aromatic nitrogens is 3. The monoisotopic (exact) mass is 612 g/mol. The number of carbonyl (C=O) groups is 2. The molecule has 11 heteroatoms. The zero-order chi connectivity index (χ0) is 29.8. The lowest BCUT2D eigenvalue weighted by Gasteiger charge is -2.17. The molecule has 0 saturated heterocycles. The molecule has 0 fully saturated rings. The fraction of sp³-hybridized carbons (Fsp3) is 0.333. The van der Waals surface area contributed by atoms with Crippen LogP contribution in [0.4, 0.5) is 5.00 Å². The number of methoxy groups -OCH3 is 1. The number of rotatable bonds is 10. The van der Waals surface area contributed by atoms with Crippen LogP contribution in [0.2, 0.25) is 5.02 Å². The summed E-state index contributed by atoms with van der Waals surface area (Å²) >= 11 is 8.87. The van der Waals surface area contributed by atoms with Crippen molar-refractivity contribution in [1.29, 1.82) is 0 Å². The fourth-order valence-electron chi connectivity index (χ4n) is 4.51. The van der Waals surface area contributed by atoms with E-state index in [0.29, 0.717) is 33.8 Å². The van der Waals surface area contributed by atoms with Gasteiger partial charge in [-0.3, -0.25) is 4.79 Å². The van der Waals surface area contributed by atoms with E-state index in [1.807, 2.05) is 81.8 Å². The second-order valence-corrected chi connectivity index (χ2v) is 11.9. The van der Waals surface area contributed by atoms with Gasteiger partial charge in [-0.15, -0.1) is 21.5 Å². The highest BCUT2D eigenvalue weighted by molar-refractivity contribution is 7.99. The van der Waals surface area contributed by atoms with Gasteiger partial charge in [0.15, 0.2) is 17.1 Å². The number of carbonyl (C=O) groups excluding carboxylic acids is 2. The van der Waals surface area contributed by atoms with Crippen molar-refractivity contribution in [3.05, 3.63) is 74.4 Å². The van der Waals surface area contributed by atoms with Crippen molar-refractivity contribution in [2.75, 3.05) is 18.2 Å². The Kier molecular flexibility index (Phi) is 9.78. The van der Waals surface area contributed by atoms with Gasteiger partial charge in [-0.05, 0) is 75.9 Å². The minimum Gasteiger partial charge on any atom is -0.483 e. The van der Waals surface area contributed by atoms with E-state index in [2.05, 4.69) is 15.5 Å². The van der Waals surface area contributed by atoms with E-state index in [4.69, 9.17) is 21.1 Å². The summed E-state index contributed by atoms with van der Waals surface area (Å²) in [5.74, 6) is 0.678. The standard InChI is InChI=1S/C30H33ClN4O4S2/c1-8-35-27(20(6)39-21-12-18(4)26(31)19(5)13-21)33-34-30(35)41-15-24(36)32-28-25(29(37)38-7)23(14-40-28)22-11-16(2)9-10-17(22)3/h9-14,20H,8,15H2,1-7H3,(H,32,36). The average molecular weight is 613 g/mol. The minimum atomic E-state index is -0.500. The molecule has 0 bridgehead atoms. The van der Waals surface area contributed by atoms with Gasteiger partial charge >= 0.3 is 5.97 Å². The number of ether oxygens (including phenoxy) is 2. The Bertz CT molecular complexity index is 1570. The van der Waals surface area contributed by atoms with Crippen molar-refractivity contribution in [2.45, 2.75) is 59.3 Å². The zero-order valence-electron chi connectivity index (χ0n) is 24.1. The SMILES string of the molecule is CCn1c(SCC(=O)Nc2scc(-c3cc(C)ccc3C)c2C(=O)OC)nnc1C(C)Oc1cc(C)c(Cl)c(C)c1. The third kappa shape index (κ3) is 6.77. The van der Waals surface area contributed by atoms with E-state index >= 15 is 0 Å². The van der Waals surface area contributed by atoms with Crippen molar-refractivity contribution in [1.82, 2.24) is 14.8 Å². The molecule has 1 unspecified atom stereocenters. The number of nitrogens with one attached hydrogen (secondary N) is 1. The number of nitrogens with zero attached hydrogens (tertiary/aromatic N) is 3. The number of esters is 1. The Morgan fingerprint density at radius 1 is 1.07 bits per heavy atom. The summed E-state index contributed by atoms with van der Waals surface area (Å²) in [6, 6.07) is 9.87. The predicted octanol–water partition coefficient (Wildman–Crippen LogP) is 7.57. The van der Waals surface area contributed by atoms with E-state index < -0.39 is 5.97 Å². The smallest absolute Gasteiger partial charge is 0.341 e. The molecule has 2 aromatic carbocycles. The van der Waals surface area contributed by atoms with Gasteiger partial charge in [0.2, 0.25) is 5.91 Å². The number of hydrogen-bond donors (Lipinski definition) is 1. The van der Waals surface area contributed by atoms with Crippen LogP contribution in [0, 0.1) is 27.7 Å². The summed E-state index contributed by atoms with van der Waals surface area (Å²) in [5.41, 5.74) is 6.00. The van der Waals surface area contributed by atoms with Crippen LogP contribution in [0.5, 0.6) is 5.75 Å². The number of aryl methyl sites for hydroxylation is 4. The van der Waals surface area contributed by atoms with Gasteiger partial charge < -0.3 is 19.4 Å². The topological polar surface area (TPSA) is 95.3 Å². The number of amides is 1. The van der Waals surface area contributed by atoms with Gasteiger partial charge in [0, 0.05) is 22.5 Å². The van der Waals surface area contributed by atoms with Crippen LogP contribution in [0.25, 0.3) is 11.1 Å². The van der Waals surface area contributed by atoms with Crippen molar-refractivity contribution >= 4 is 51.6 Å². The van der Waals surface area contributed by atoms with Crippen molar-refractivity contribution < 1.29 is 19.1 Å². The number of hydrogen-bond acceptors (Lipinski definition) is 8. The molecule has 4 aromatic rings. The van der Waals surface area contributed by atoms with Gasteiger partial charge in [-0.2, -0.15) is 0 Å². The Labute approximate surface area is 253 Å². The molecule has 8 nitrogen and oxygen atoms in total. The average Bonchev–Trinajstić information content (AvgIpc) is 3.55. The summed E-state index contributed by atoms with van der Waals surface area (Å²) in [5, 5.41) is 15.2. The van der Waals surface area contributed by atoms with E-state index in [1.165, 1.54) is 30.2 Å². The molecule has 0 radical (unpaired) electrons. The number of anilines is 1. The molecule has 1 amide bonds. The first-order valence-corrected chi connectivity index (χ1v) is 15.3. The lowest BCUT2D eigenvalue weighted by molar-refractivity contribution is -0.113. The molecule has 2 heterocycles. The van der Waals surface area contributed by atoms with Gasteiger partial charge in [0.25, 0.3) is 0 Å². The van der Waals surface area contributed by atoms with Gasteiger partial charge in [-0.25, -0.2) is 4.79 Å². The van der Waals surface area contributed by atoms with E-state index in [1.54, 1.807) is 0 Å². The molecule has 216 valence electrons. The van der Waals surface area contributed by atoms with Crippen LogP contribution in [0.15, 0.2) is 40.9 Å². The molecule has 0 aliphatic heterocycles.